The molecule has 1 N–H and O–H groups in total. The maximum atomic E-state index is 12.1. The van der Waals surface area contributed by atoms with Gasteiger partial charge in [0.25, 0.3) is 5.91 Å². The Kier molecular flexibility index (Phi) is 5.97. The molecule has 1 heterocycles. The lowest BCUT2D eigenvalue weighted by molar-refractivity contribution is -0.140. The number of ether oxygens (including phenoxy) is 1. The van der Waals surface area contributed by atoms with Crippen LogP contribution in [0.5, 0.6) is 0 Å². The zero-order chi connectivity index (χ0) is 17.5. The summed E-state index contributed by atoms with van der Waals surface area (Å²) in [4.78, 5) is 38.5. The average Bonchev–Trinajstić information content (AvgIpc) is 2.82. The highest BCUT2D eigenvalue weighted by Gasteiger charge is 2.18. The molecule has 24 heavy (non-hydrogen) atoms. The molecule has 0 fully saturated rings. The van der Waals surface area contributed by atoms with E-state index in [1.54, 1.807) is 30.5 Å². The number of nitrogens with zero attached hydrogens (tertiary/aromatic N) is 2. The highest BCUT2D eigenvalue weighted by atomic mass is 35.5. The Morgan fingerprint density at radius 3 is 2.67 bits per heavy atom. The normalized spacial score (nSPS) is 13.8. The summed E-state index contributed by atoms with van der Waals surface area (Å²) in [5.41, 5.74) is 1.44. The number of methoxy groups -OCH3 is 1. The number of esters is 1. The highest BCUT2D eigenvalue weighted by Crippen LogP contribution is 2.22. The first kappa shape index (κ1) is 17.6. The number of nitrogens with one attached hydrogen (secondary N) is 1. The van der Waals surface area contributed by atoms with Crippen LogP contribution in [0, 0.1) is 4.91 Å². The number of rotatable bonds is 5. The van der Waals surface area contributed by atoms with Crippen LogP contribution in [0.2, 0.25) is 5.02 Å². The fourth-order valence-corrected chi connectivity index (χ4v) is 2.12. The van der Waals surface area contributed by atoms with Crippen LogP contribution in [-0.2, 0) is 14.3 Å². The van der Waals surface area contributed by atoms with E-state index in [1.807, 2.05) is 0 Å². The number of allylic oxidation sites excluding steroid dienone is 2. The van der Waals surface area contributed by atoms with E-state index in [4.69, 9.17) is 11.6 Å². The van der Waals surface area contributed by atoms with Gasteiger partial charge in [-0.2, -0.15) is 0 Å². The Bertz CT molecular complexity index is 751. The molecule has 0 unspecified atom stereocenters. The van der Waals surface area contributed by atoms with Gasteiger partial charge in [-0.15, -0.1) is 4.91 Å². The van der Waals surface area contributed by atoms with Crippen molar-refractivity contribution in [3.05, 3.63) is 57.1 Å². The minimum Gasteiger partial charge on any atom is -0.468 e. The van der Waals surface area contributed by atoms with E-state index >= 15 is 0 Å². The van der Waals surface area contributed by atoms with Crippen molar-refractivity contribution in [2.45, 2.75) is 0 Å². The van der Waals surface area contributed by atoms with Crippen LogP contribution in [0.3, 0.4) is 0 Å². The van der Waals surface area contributed by atoms with E-state index in [1.165, 1.54) is 13.2 Å². The summed E-state index contributed by atoms with van der Waals surface area (Å²) in [5.74, 6) is -1.19. The number of nitroso groups, excluding NO2 is 1. The van der Waals surface area contributed by atoms with Crippen molar-refractivity contribution in [2.75, 3.05) is 20.2 Å². The zero-order valence-electron chi connectivity index (χ0n) is 12.8. The van der Waals surface area contributed by atoms with E-state index in [0.29, 0.717) is 10.6 Å². The molecule has 0 radical (unpaired) electrons. The third-order valence-electron chi connectivity index (χ3n) is 3.25. The highest BCUT2D eigenvalue weighted by molar-refractivity contribution is 6.30. The van der Waals surface area contributed by atoms with Gasteiger partial charge in [0.2, 0.25) is 0 Å². The summed E-state index contributed by atoms with van der Waals surface area (Å²) in [6, 6.07) is 6.95. The largest absolute Gasteiger partial charge is 0.468 e. The number of aliphatic imine (C=N–C) groups is 1. The molecule has 0 atom stereocenters. The molecule has 0 saturated carbocycles. The molecule has 0 saturated heterocycles. The molecular formula is C16H14ClN3O4. The van der Waals surface area contributed by atoms with Crippen molar-refractivity contribution in [1.29, 1.82) is 0 Å². The first-order chi connectivity index (χ1) is 11.5. The second kappa shape index (κ2) is 8.16. The molecule has 2 rings (SSSR count). The molecule has 0 bridgehead atoms. The maximum absolute atomic E-state index is 12.1. The van der Waals surface area contributed by atoms with Crippen LogP contribution in [-0.4, -0.2) is 38.3 Å². The second-order valence-corrected chi connectivity index (χ2v) is 5.23. The van der Waals surface area contributed by atoms with E-state index < -0.39 is 11.9 Å². The topological polar surface area (TPSA) is 97.2 Å². The monoisotopic (exact) mass is 347 g/mol. The lowest BCUT2D eigenvalue weighted by atomic mass is 10.1. The molecule has 0 aliphatic carbocycles. The SMILES string of the molecule is COC(=O)CNC(=O)C1=C(N=O)C=C(c2ccc(Cl)cc2)C=NC1. The summed E-state index contributed by atoms with van der Waals surface area (Å²) in [7, 11) is 1.21. The predicted molar refractivity (Wildman–Crippen MR) is 90.6 cm³/mol. The predicted octanol–water partition coefficient (Wildman–Crippen LogP) is 2.12. The van der Waals surface area contributed by atoms with Gasteiger partial charge in [-0.25, -0.2) is 0 Å². The van der Waals surface area contributed by atoms with Crippen molar-refractivity contribution in [3.8, 4) is 0 Å². The molecule has 1 aromatic rings. The summed E-state index contributed by atoms with van der Waals surface area (Å²) in [6.07, 6.45) is 3.02. The van der Waals surface area contributed by atoms with E-state index in [2.05, 4.69) is 20.2 Å². The summed E-state index contributed by atoms with van der Waals surface area (Å²) < 4.78 is 4.44. The fraction of sp³-hybridized carbons (Fsp3) is 0.188. The van der Waals surface area contributed by atoms with Crippen LogP contribution in [0.4, 0.5) is 0 Å². The third-order valence-corrected chi connectivity index (χ3v) is 3.50. The Balaban J connectivity index is 2.29. The Morgan fingerprint density at radius 1 is 1.33 bits per heavy atom. The molecule has 1 amide bonds. The van der Waals surface area contributed by atoms with Crippen LogP contribution < -0.4 is 5.32 Å². The minimum atomic E-state index is -0.598. The smallest absolute Gasteiger partial charge is 0.325 e. The van der Waals surface area contributed by atoms with Crippen LogP contribution in [0.25, 0.3) is 5.57 Å². The molecule has 0 spiro atoms. The lowest BCUT2D eigenvalue weighted by Crippen LogP contribution is -2.32. The number of amides is 1. The second-order valence-electron chi connectivity index (χ2n) is 4.79. The molecule has 124 valence electrons. The maximum Gasteiger partial charge on any atom is 0.325 e. The van der Waals surface area contributed by atoms with Gasteiger partial charge in [0.05, 0.1) is 19.2 Å². The number of carbonyl (C=O) groups excluding carboxylic acids is 2. The Labute approximate surface area is 143 Å². The fourth-order valence-electron chi connectivity index (χ4n) is 1.99. The van der Waals surface area contributed by atoms with Crippen molar-refractivity contribution in [1.82, 2.24) is 5.32 Å². The Morgan fingerprint density at radius 2 is 2.04 bits per heavy atom. The summed E-state index contributed by atoms with van der Waals surface area (Å²) in [5, 5.41) is 5.87. The van der Waals surface area contributed by atoms with Gasteiger partial charge >= 0.3 is 5.97 Å². The van der Waals surface area contributed by atoms with Crippen molar-refractivity contribution in [2.24, 2.45) is 10.2 Å². The number of carbonyl (C=O) groups is 2. The van der Waals surface area contributed by atoms with E-state index in [-0.39, 0.29) is 24.4 Å². The molecular weight excluding hydrogens is 334 g/mol. The summed E-state index contributed by atoms with van der Waals surface area (Å²) >= 11 is 5.85. The average molecular weight is 348 g/mol. The zero-order valence-corrected chi connectivity index (χ0v) is 13.5. The number of hydrogen-bond acceptors (Lipinski definition) is 6. The van der Waals surface area contributed by atoms with E-state index in [9.17, 15) is 14.5 Å². The van der Waals surface area contributed by atoms with Crippen molar-refractivity contribution < 1.29 is 14.3 Å². The minimum absolute atomic E-state index is 0.0261. The van der Waals surface area contributed by atoms with Gasteiger partial charge in [0, 0.05) is 16.8 Å². The Hall–Kier alpha value is -2.80. The molecule has 1 aromatic carbocycles. The van der Waals surface area contributed by atoms with Crippen molar-refractivity contribution in [3.63, 3.8) is 0 Å². The van der Waals surface area contributed by atoms with Gasteiger partial charge < -0.3 is 10.1 Å². The standard InChI is InChI=1S/C16H14ClN3O4/c1-24-15(21)9-19-16(22)13-8-18-7-11(6-14(13)20-23)10-2-4-12(17)5-3-10/h2-7H,8-9H2,1H3,(H,19,22). The van der Waals surface area contributed by atoms with Crippen LogP contribution in [0.15, 0.2) is 51.8 Å². The number of hydrogen-bond donors (Lipinski definition) is 1. The molecule has 1 aliphatic heterocycles. The summed E-state index contributed by atoms with van der Waals surface area (Å²) in [6.45, 7) is -0.329. The quantitative estimate of drug-likeness (QED) is 0.651. The van der Waals surface area contributed by atoms with Gasteiger partial charge in [0.15, 0.2) is 0 Å². The first-order valence-electron chi connectivity index (χ1n) is 6.94. The molecule has 8 heteroatoms. The van der Waals surface area contributed by atoms with Crippen LogP contribution in [0.1, 0.15) is 5.56 Å². The number of halogens is 1. The van der Waals surface area contributed by atoms with E-state index in [0.717, 1.165) is 5.56 Å². The van der Waals surface area contributed by atoms with Crippen molar-refractivity contribution >= 4 is 35.3 Å². The lowest BCUT2D eigenvalue weighted by Gasteiger charge is -2.06. The number of benzene rings is 1. The first-order valence-corrected chi connectivity index (χ1v) is 7.32. The molecule has 1 aliphatic rings. The van der Waals surface area contributed by atoms with Crippen LogP contribution >= 0.6 is 11.6 Å². The third kappa shape index (κ3) is 4.36. The van der Waals surface area contributed by atoms with Gasteiger partial charge in [-0.05, 0) is 28.9 Å². The molecule has 7 nitrogen and oxygen atoms in total. The van der Waals surface area contributed by atoms with Gasteiger partial charge in [-0.1, -0.05) is 23.7 Å². The van der Waals surface area contributed by atoms with Gasteiger partial charge in [0.1, 0.15) is 12.2 Å². The molecule has 0 aromatic heterocycles. The van der Waals surface area contributed by atoms with Gasteiger partial charge in [-0.3, -0.25) is 14.6 Å².